The molecule has 176 valence electrons. The molecule has 2 heterocycles. The van der Waals surface area contributed by atoms with Crippen molar-refractivity contribution in [3.63, 3.8) is 0 Å². The molecule has 2 aromatic carbocycles. The minimum atomic E-state index is -3.70. The fourth-order valence-corrected chi connectivity index (χ4v) is 5.21. The van der Waals surface area contributed by atoms with Crippen molar-refractivity contribution in [2.75, 3.05) is 49.4 Å². The summed E-state index contributed by atoms with van der Waals surface area (Å²) in [6.45, 7) is 0.503. The Morgan fingerprint density at radius 3 is 2.52 bits per heavy atom. The molecule has 0 aliphatic carbocycles. The third-order valence-electron chi connectivity index (χ3n) is 6.06. The average Bonchev–Trinajstić information content (AvgIpc) is 2.81. The summed E-state index contributed by atoms with van der Waals surface area (Å²) in [5, 5.41) is 2.80. The third kappa shape index (κ3) is 4.40. The van der Waals surface area contributed by atoms with E-state index in [1.165, 1.54) is 25.1 Å². The van der Waals surface area contributed by atoms with Crippen LogP contribution in [0.15, 0.2) is 47.4 Å². The SMILES string of the molecule is COc1ccc(NC(=O)CN2C(=O)C3CCCCN3c3ccc(S(=O)(=O)N(C)C)cc32)cc1. The highest BCUT2D eigenvalue weighted by Crippen LogP contribution is 2.40. The minimum Gasteiger partial charge on any atom is -0.497 e. The first-order valence-corrected chi connectivity index (χ1v) is 12.2. The molecule has 0 bridgehead atoms. The highest BCUT2D eigenvalue weighted by atomic mass is 32.2. The highest BCUT2D eigenvalue weighted by Gasteiger charge is 2.40. The predicted molar refractivity (Wildman–Crippen MR) is 126 cm³/mol. The molecule has 1 saturated heterocycles. The first kappa shape index (κ1) is 23.1. The quantitative estimate of drug-likeness (QED) is 0.693. The lowest BCUT2D eigenvalue weighted by Gasteiger charge is -2.45. The number of ether oxygens (including phenoxy) is 1. The lowest BCUT2D eigenvalue weighted by Crippen LogP contribution is -2.56. The second kappa shape index (κ2) is 9.03. The molecule has 0 radical (unpaired) electrons. The third-order valence-corrected chi connectivity index (χ3v) is 7.87. The predicted octanol–water partition coefficient (Wildman–Crippen LogP) is 2.29. The summed E-state index contributed by atoms with van der Waals surface area (Å²) in [6.07, 6.45) is 2.59. The zero-order valence-electron chi connectivity index (χ0n) is 18.9. The molecule has 0 aromatic heterocycles. The number of hydrogen-bond donors (Lipinski definition) is 1. The Morgan fingerprint density at radius 1 is 1.12 bits per heavy atom. The molecule has 1 atom stereocenters. The van der Waals surface area contributed by atoms with Crippen molar-refractivity contribution in [2.45, 2.75) is 30.2 Å². The molecule has 10 heteroatoms. The number of anilines is 3. The Bertz CT molecular complexity index is 1160. The number of methoxy groups -OCH3 is 1. The van der Waals surface area contributed by atoms with Gasteiger partial charge in [0.25, 0.3) is 0 Å². The normalized spacial score (nSPS) is 18.1. The van der Waals surface area contributed by atoms with Gasteiger partial charge >= 0.3 is 0 Å². The molecule has 1 N–H and O–H groups in total. The fourth-order valence-electron chi connectivity index (χ4n) is 4.29. The number of sulfonamides is 1. The molecule has 0 saturated carbocycles. The van der Waals surface area contributed by atoms with Crippen LogP contribution in [0.3, 0.4) is 0 Å². The maximum atomic E-state index is 13.4. The average molecular weight is 473 g/mol. The van der Waals surface area contributed by atoms with Crippen molar-refractivity contribution in [3.05, 3.63) is 42.5 Å². The summed E-state index contributed by atoms with van der Waals surface area (Å²) in [6, 6.07) is 11.3. The molecular formula is C23H28N4O5S. The van der Waals surface area contributed by atoms with Crippen LogP contribution in [-0.2, 0) is 19.6 Å². The number of nitrogens with one attached hydrogen (secondary N) is 1. The van der Waals surface area contributed by atoms with Gasteiger partial charge in [-0.25, -0.2) is 12.7 Å². The van der Waals surface area contributed by atoms with E-state index in [4.69, 9.17) is 4.74 Å². The van der Waals surface area contributed by atoms with Crippen molar-refractivity contribution in [2.24, 2.45) is 0 Å². The van der Waals surface area contributed by atoms with Crippen LogP contribution >= 0.6 is 0 Å². The largest absolute Gasteiger partial charge is 0.497 e. The lowest BCUT2D eigenvalue weighted by molar-refractivity contribution is -0.123. The van der Waals surface area contributed by atoms with Gasteiger partial charge in [-0.2, -0.15) is 0 Å². The van der Waals surface area contributed by atoms with E-state index in [0.29, 0.717) is 23.5 Å². The van der Waals surface area contributed by atoms with Crippen LogP contribution in [0.4, 0.5) is 17.1 Å². The van der Waals surface area contributed by atoms with Gasteiger partial charge in [0.05, 0.1) is 23.4 Å². The summed E-state index contributed by atoms with van der Waals surface area (Å²) < 4.78 is 31.7. The zero-order valence-corrected chi connectivity index (χ0v) is 19.8. The number of nitrogens with zero attached hydrogens (tertiary/aromatic N) is 3. The number of rotatable bonds is 6. The monoisotopic (exact) mass is 472 g/mol. The lowest BCUT2D eigenvalue weighted by atomic mass is 9.96. The van der Waals surface area contributed by atoms with E-state index in [2.05, 4.69) is 5.32 Å². The Balaban J connectivity index is 1.67. The van der Waals surface area contributed by atoms with Crippen molar-refractivity contribution in [3.8, 4) is 5.75 Å². The van der Waals surface area contributed by atoms with Gasteiger partial charge in [0.15, 0.2) is 0 Å². The van der Waals surface area contributed by atoms with Crippen LogP contribution in [0, 0.1) is 0 Å². The number of piperidine rings is 1. The fraction of sp³-hybridized carbons (Fsp3) is 0.391. The van der Waals surface area contributed by atoms with Gasteiger partial charge in [-0.1, -0.05) is 0 Å². The number of carbonyl (C=O) groups is 2. The standard InChI is InChI=1S/C23H28N4O5S/c1-25(2)33(30,31)18-11-12-19-21(14-18)27(23(29)20-6-4-5-13-26(19)20)15-22(28)24-16-7-9-17(32-3)10-8-16/h7-12,14,20H,4-6,13,15H2,1-3H3,(H,24,28). The molecular weight excluding hydrogens is 444 g/mol. The van der Waals surface area contributed by atoms with Crippen LogP contribution in [0.1, 0.15) is 19.3 Å². The van der Waals surface area contributed by atoms with Gasteiger partial charge in [-0.05, 0) is 61.7 Å². The number of carbonyl (C=O) groups excluding carboxylic acids is 2. The van der Waals surface area contributed by atoms with E-state index in [0.717, 1.165) is 29.4 Å². The van der Waals surface area contributed by atoms with Gasteiger partial charge in [-0.15, -0.1) is 0 Å². The first-order valence-electron chi connectivity index (χ1n) is 10.8. The van der Waals surface area contributed by atoms with Gasteiger partial charge < -0.3 is 15.0 Å². The second-order valence-electron chi connectivity index (χ2n) is 8.34. The summed E-state index contributed by atoms with van der Waals surface area (Å²) >= 11 is 0. The van der Waals surface area contributed by atoms with E-state index in [-0.39, 0.29) is 29.3 Å². The molecule has 4 rings (SSSR count). The number of amides is 2. The number of hydrogen-bond acceptors (Lipinski definition) is 6. The number of benzene rings is 2. The summed E-state index contributed by atoms with van der Waals surface area (Å²) in [5.74, 6) is 0.108. The topological polar surface area (TPSA) is 99.3 Å². The molecule has 2 amide bonds. The van der Waals surface area contributed by atoms with Crippen LogP contribution in [0.5, 0.6) is 5.75 Å². The van der Waals surface area contributed by atoms with Crippen molar-refractivity contribution in [1.29, 1.82) is 0 Å². The minimum absolute atomic E-state index is 0.0788. The molecule has 2 aliphatic rings. The van der Waals surface area contributed by atoms with E-state index >= 15 is 0 Å². The van der Waals surface area contributed by atoms with Crippen LogP contribution in [0.25, 0.3) is 0 Å². The maximum Gasteiger partial charge on any atom is 0.250 e. The molecule has 1 unspecified atom stereocenters. The number of fused-ring (bicyclic) bond motifs is 3. The van der Waals surface area contributed by atoms with E-state index < -0.39 is 10.0 Å². The van der Waals surface area contributed by atoms with E-state index in [1.807, 2.05) is 4.90 Å². The van der Waals surface area contributed by atoms with Gasteiger partial charge in [0.1, 0.15) is 18.3 Å². The van der Waals surface area contributed by atoms with Gasteiger partial charge in [-0.3, -0.25) is 14.5 Å². The highest BCUT2D eigenvalue weighted by molar-refractivity contribution is 7.89. The molecule has 2 aliphatic heterocycles. The van der Waals surface area contributed by atoms with Crippen LogP contribution in [-0.4, -0.2) is 64.9 Å². The smallest absolute Gasteiger partial charge is 0.250 e. The maximum absolute atomic E-state index is 13.4. The Morgan fingerprint density at radius 2 is 1.85 bits per heavy atom. The molecule has 2 aromatic rings. The van der Waals surface area contributed by atoms with Gasteiger partial charge in [0, 0.05) is 26.3 Å². The van der Waals surface area contributed by atoms with Crippen molar-refractivity contribution >= 4 is 38.9 Å². The van der Waals surface area contributed by atoms with E-state index in [1.54, 1.807) is 43.5 Å². The van der Waals surface area contributed by atoms with Crippen molar-refractivity contribution < 1.29 is 22.7 Å². The first-order chi connectivity index (χ1) is 15.7. The molecule has 9 nitrogen and oxygen atoms in total. The summed E-state index contributed by atoms with van der Waals surface area (Å²) in [4.78, 5) is 29.8. The van der Waals surface area contributed by atoms with E-state index in [9.17, 15) is 18.0 Å². The molecule has 1 fully saturated rings. The Hall–Kier alpha value is -3.11. The summed E-state index contributed by atoms with van der Waals surface area (Å²) in [5.41, 5.74) is 1.79. The second-order valence-corrected chi connectivity index (χ2v) is 10.5. The van der Waals surface area contributed by atoms with Crippen LogP contribution < -0.4 is 19.9 Å². The molecule has 0 spiro atoms. The Labute approximate surface area is 194 Å². The summed E-state index contributed by atoms with van der Waals surface area (Å²) in [7, 11) is 0.780. The zero-order chi connectivity index (χ0) is 23.8. The van der Waals surface area contributed by atoms with Gasteiger partial charge in [0.2, 0.25) is 21.8 Å². The van der Waals surface area contributed by atoms with Crippen LogP contribution in [0.2, 0.25) is 0 Å². The van der Waals surface area contributed by atoms with Crippen molar-refractivity contribution in [1.82, 2.24) is 4.31 Å². The molecule has 33 heavy (non-hydrogen) atoms. The Kier molecular flexibility index (Phi) is 6.31.